The number of nitrogens with one attached hydrogen (secondary N) is 1. The molecule has 30 heavy (non-hydrogen) atoms. The molecule has 1 aromatic carbocycles. The van der Waals surface area contributed by atoms with Gasteiger partial charge in [0.25, 0.3) is 11.8 Å². The van der Waals surface area contributed by atoms with Crippen LogP contribution in [0.1, 0.15) is 33.3 Å². The van der Waals surface area contributed by atoms with Crippen molar-refractivity contribution in [1.29, 1.82) is 0 Å². The topological polar surface area (TPSA) is 128 Å². The van der Waals surface area contributed by atoms with Crippen molar-refractivity contribution in [3.63, 3.8) is 0 Å². The van der Waals surface area contributed by atoms with Crippen molar-refractivity contribution in [3.8, 4) is 0 Å². The summed E-state index contributed by atoms with van der Waals surface area (Å²) in [5, 5.41) is 21.6. The molecule has 3 aromatic rings. The van der Waals surface area contributed by atoms with Crippen molar-refractivity contribution in [3.05, 3.63) is 69.8 Å². The second-order valence-electron chi connectivity index (χ2n) is 6.73. The lowest BCUT2D eigenvalue weighted by Gasteiger charge is -2.13. The van der Waals surface area contributed by atoms with Crippen molar-refractivity contribution >= 4 is 23.2 Å². The van der Waals surface area contributed by atoms with Crippen LogP contribution >= 0.6 is 0 Å². The standard InChI is InChI=1S/C19H21N7O4/c1-4-25-17(19(28)23(2)3)16(10-21-25)22-18(27)14-7-5-13(6-8-14)11-24-12-15(9-20-24)26(29)30/h5-10,12H,4,11H2,1-3H3,(H,22,27). The number of amides is 2. The molecule has 0 spiro atoms. The van der Waals surface area contributed by atoms with E-state index in [0.717, 1.165) is 5.56 Å². The number of carbonyl (C=O) groups excluding carboxylic acids is 2. The third-order valence-electron chi connectivity index (χ3n) is 4.39. The van der Waals surface area contributed by atoms with E-state index in [1.807, 2.05) is 6.92 Å². The van der Waals surface area contributed by atoms with Gasteiger partial charge < -0.3 is 10.2 Å². The first-order chi connectivity index (χ1) is 14.3. The molecule has 2 aromatic heterocycles. The first kappa shape index (κ1) is 20.7. The number of benzene rings is 1. The SMILES string of the molecule is CCn1ncc(NC(=O)c2ccc(Cn3cc([N+](=O)[O-])cn3)cc2)c1C(=O)N(C)C. The highest BCUT2D eigenvalue weighted by Crippen LogP contribution is 2.18. The predicted molar refractivity (Wildman–Crippen MR) is 108 cm³/mol. The molecule has 0 aliphatic heterocycles. The fourth-order valence-electron chi connectivity index (χ4n) is 2.83. The first-order valence-electron chi connectivity index (χ1n) is 9.14. The zero-order valence-corrected chi connectivity index (χ0v) is 16.8. The maximum atomic E-state index is 12.6. The van der Waals surface area contributed by atoms with E-state index in [-0.39, 0.29) is 17.5 Å². The molecular formula is C19H21N7O4. The van der Waals surface area contributed by atoms with Crippen LogP contribution in [0.15, 0.2) is 42.9 Å². The summed E-state index contributed by atoms with van der Waals surface area (Å²) in [6.45, 7) is 2.68. The minimum Gasteiger partial charge on any atom is -0.343 e. The highest BCUT2D eigenvalue weighted by Gasteiger charge is 2.21. The molecule has 11 heteroatoms. The lowest BCUT2D eigenvalue weighted by atomic mass is 10.1. The molecule has 2 amide bonds. The van der Waals surface area contributed by atoms with Crippen LogP contribution in [0.2, 0.25) is 0 Å². The molecule has 0 atom stereocenters. The third-order valence-corrected chi connectivity index (χ3v) is 4.39. The number of hydrogen-bond acceptors (Lipinski definition) is 6. The molecule has 1 N–H and O–H groups in total. The number of aromatic nitrogens is 4. The van der Waals surface area contributed by atoms with Crippen LogP contribution in [0.5, 0.6) is 0 Å². The van der Waals surface area contributed by atoms with Crippen LogP contribution in [0.3, 0.4) is 0 Å². The molecule has 0 unspecified atom stereocenters. The molecule has 156 valence electrons. The van der Waals surface area contributed by atoms with Gasteiger partial charge in [0.2, 0.25) is 0 Å². The van der Waals surface area contributed by atoms with Crippen LogP contribution in [0.4, 0.5) is 11.4 Å². The van der Waals surface area contributed by atoms with Gasteiger partial charge in [0, 0.05) is 26.2 Å². The van der Waals surface area contributed by atoms with E-state index in [0.29, 0.717) is 30.0 Å². The summed E-state index contributed by atoms with van der Waals surface area (Å²) in [6, 6.07) is 6.76. The highest BCUT2D eigenvalue weighted by molar-refractivity contribution is 6.08. The van der Waals surface area contributed by atoms with E-state index in [9.17, 15) is 19.7 Å². The Kier molecular flexibility index (Phi) is 5.90. The lowest BCUT2D eigenvalue weighted by Crippen LogP contribution is -2.26. The molecule has 0 fully saturated rings. The normalized spacial score (nSPS) is 10.6. The number of rotatable bonds is 7. The summed E-state index contributed by atoms with van der Waals surface area (Å²) in [5.41, 5.74) is 1.80. The number of nitro groups is 1. The van der Waals surface area contributed by atoms with Crippen molar-refractivity contribution in [2.75, 3.05) is 19.4 Å². The molecule has 2 heterocycles. The predicted octanol–water partition coefficient (Wildman–Crippen LogP) is 2.01. The van der Waals surface area contributed by atoms with Gasteiger partial charge in [0.1, 0.15) is 18.1 Å². The smallest absolute Gasteiger partial charge is 0.307 e. The largest absolute Gasteiger partial charge is 0.343 e. The number of carbonyl (C=O) groups is 2. The fraction of sp³-hybridized carbons (Fsp3) is 0.263. The fourth-order valence-corrected chi connectivity index (χ4v) is 2.83. The summed E-state index contributed by atoms with van der Waals surface area (Å²) in [5.74, 6) is -0.631. The Morgan fingerprint density at radius 2 is 1.87 bits per heavy atom. The van der Waals surface area contributed by atoms with Crippen molar-refractivity contribution in [1.82, 2.24) is 24.5 Å². The van der Waals surface area contributed by atoms with Crippen LogP contribution in [-0.2, 0) is 13.1 Å². The Hall–Kier alpha value is -4.02. The van der Waals surface area contributed by atoms with E-state index in [1.54, 1.807) is 38.4 Å². The highest BCUT2D eigenvalue weighted by atomic mass is 16.6. The summed E-state index contributed by atoms with van der Waals surface area (Å²) in [6.07, 6.45) is 3.98. The maximum absolute atomic E-state index is 12.6. The van der Waals surface area contributed by atoms with Gasteiger partial charge in [-0.15, -0.1) is 0 Å². The summed E-state index contributed by atoms with van der Waals surface area (Å²) >= 11 is 0. The zero-order chi connectivity index (χ0) is 21.8. The van der Waals surface area contributed by atoms with E-state index in [1.165, 1.54) is 32.9 Å². The molecule has 0 bridgehead atoms. The average molecular weight is 411 g/mol. The molecular weight excluding hydrogens is 390 g/mol. The molecule has 11 nitrogen and oxygen atoms in total. The number of hydrogen-bond donors (Lipinski definition) is 1. The molecule has 0 aliphatic rings. The van der Waals surface area contributed by atoms with Crippen molar-refractivity contribution < 1.29 is 14.5 Å². The van der Waals surface area contributed by atoms with E-state index in [2.05, 4.69) is 15.5 Å². The van der Waals surface area contributed by atoms with Gasteiger partial charge in [-0.1, -0.05) is 12.1 Å². The zero-order valence-electron chi connectivity index (χ0n) is 16.8. The Labute approximate surface area is 172 Å². The molecule has 0 saturated heterocycles. The minimum atomic E-state index is -0.507. The number of nitrogens with zero attached hydrogens (tertiary/aromatic N) is 6. The molecule has 0 aliphatic carbocycles. The van der Waals surface area contributed by atoms with Gasteiger partial charge in [0.05, 0.1) is 23.4 Å². The lowest BCUT2D eigenvalue weighted by molar-refractivity contribution is -0.385. The van der Waals surface area contributed by atoms with Crippen LogP contribution in [-0.4, -0.2) is 55.3 Å². The average Bonchev–Trinajstić information content (AvgIpc) is 3.34. The summed E-state index contributed by atoms with van der Waals surface area (Å²) in [4.78, 5) is 36.7. The van der Waals surface area contributed by atoms with Gasteiger partial charge in [-0.3, -0.25) is 29.1 Å². The number of anilines is 1. The van der Waals surface area contributed by atoms with Crippen molar-refractivity contribution in [2.45, 2.75) is 20.0 Å². The first-order valence-corrected chi connectivity index (χ1v) is 9.14. The maximum Gasteiger partial charge on any atom is 0.307 e. The Bertz CT molecular complexity index is 1080. The van der Waals surface area contributed by atoms with E-state index >= 15 is 0 Å². The van der Waals surface area contributed by atoms with Crippen LogP contribution in [0, 0.1) is 10.1 Å². The second kappa shape index (κ2) is 8.55. The molecule has 0 saturated carbocycles. The van der Waals surface area contributed by atoms with Gasteiger partial charge in [-0.2, -0.15) is 10.2 Å². The van der Waals surface area contributed by atoms with Crippen LogP contribution in [0.25, 0.3) is 0 Å². The summed E-state index contributed by atoms with van der Waals surface area (Å²) < 4.78 is 2.98. The van der Waals surface area contributed by atoms with Gasteiger partial charge in [-0.05, 0) is 24.6 Å². The molecule has 0 radical (unpaired) electrons. The Morgan fingerprint density at radius 3 is 2.43 bits per heavy atom. The van der Waals surface area contributed by atoms with Gasteiger partial charge >= 0.3 is 5.69 Å². The van der Waals surface area contributed by atoms with Crippen molar-refractivity contribution in [2.24, 2.45) is 0 Å². The Morgan fingerprint density at radius 1 is 1.17 bits per heavy atom. The second-order valence-corrected chi connectivity index (χ2v) is 6.73. The number of aryl methyl sites for hydroxylation is 1. The molecule has 3 rings (SSSR count). The minimum absolute atomic E-state index is 0.0818. The van der Waals surface area contributed by atoms with E-state index < -0.39 is 4.92 Å². The van der Waals surface area contributed by atoms with Crippen LogP contribution < -0.4 is 5.32 Å². The monoisotopic (exact) mass is 411 g/mol. The Balaban J connectivity index is 1.73. The summed E-state index contributed by atoms with van der Waals surface area (Å²) in [7, 11) is 3.27. The van der Waals surface area contributed by atoms with Gasteiger partial charge in [0.15, 0.2) is 0 Å². The quantitative estimate of drug-likeness (QED) is 0.468. The third kappa shape index (κ3) is 4.35. The van der Waals surface area contributed by atoms with Gasteiger partial charge in [-0.25, -0.2) is 0 Å². The van der Waals surface area contributed by atoms with E-state index in [4.69, 9.17) is 0 Å².